The molecule has 19 heavy (non-hydrogen) atoms. The quantitative estimate of drug-likeness (QED) is 0.668. The van der Waals surface area contributed by atoms with Gasteiger partial charge >= 0.3 is 0 Å². The molecule has 3 rings (SSSR count). The van der Waals surface area contributed by atoms with Crippen molar-refractivity contribution in [1.29, 1.82) is 0 Å². The summed E-state index contributed by atoms with van der Waals surface area (Å²) in [6.45, 7) is 2.10. The van der Waals surface area contributed by atoms with Gasteiger partial charge in [0.05, 0.1) is 5.69 Å². The van der Waals surface area contributed by atoms with Gasteiger partial charge in [0.2, 0.25) is 0 Å². The number of aromatic nitrogens is 2. The van der Waals surface area contributed by atoms with Gasteiger partial charge in [0.15, 0.2) is 6.29 Å². The number of hydrogen-bond donors (Lipinski definition) is 0. The van der Waals surface area contributed by atoms with Crippen LogP contribution in [0.1, 0.15) is 23.0 Å². The van der Waals surface area contributed by atoms with Gasteiger partial charge in [-0.25, -0.2) is 0 Å². The minimum absolute atomic E-state index is 0.679. The second-order valence-electron chi connectivity index (χ2n) is 4.49. The van der Waals surface area contributed by atoms with E-state index in [9.17, 15) is 4.79 Å². The van der Waals surface area contributed by atoms with Crippen LogP contribution in [-0.2, 0) is 6.42 Å². The van der Waals surface area contributed by atoms with Crippen LogP contribution in [0, 0.1) is 0 Å². The lowest BCUT2D eigenvalue weighted by Crippen LogP contribution is -1.94. The van der Waals surface area contributed by atoms with Crippen molar-refractivity contribution in [1.82, 2.24) is 9.38 Å². The lowest BCUT2D eigenvalue weighted by molar-refractivity contribution is 0.111. The van der Waals surface area contributed by atoms with Crippen LogP contribution in [0.3, 0.4) is 0 Å². The molecule has 0 aliphatic rings. The molecule has 0 fully saturated rings. The first-order chi connectivity index (χ1) is 9.33. The normalized spacial score (nSPS) is 10.8. The Kier molecular flexibility index (Phi) is 2.88. The number of hydrogen-bond acceptors (Lipinski definition) is 2. The van der Waals surface area contributed by atoms with Crippen molar-refractivity contribution in [3.8, 4) is 11.1 Å². The zero-order valence-electron chi connectivity index (χ0n) is 10.7. The Labute approximate surface area is 111 Å². The van der Waals surface area contributed by atoms with E-state index in [1.54, 1.807) is 12.4 Å². The molecule has 0 aliphatic carbocycles. The van der Waals surface area contributed by atoms with Crippen LogP contribution in [-0.4, -0.2) is 15.7 Å². The lowest BCUT2D eigenvalue weighted by Gasteiger charge is -2.02. The van der Waals surface area contributed by atoms with E-state index in [1.165, 1.54) is 5.56 Å². The first kappa shape index (κ1) is 11.7. The third kappa shape index (κ3) is 1.93. The van der Waals surface area contributed by atoms with Crippen molar-refractivity contribution in [2.45, 2.75) is 13.3 Å². The van der Waals surface area contributed by atoms with E-state index in [1.807, 2.05) is 34.9 Å². The molecular weight excluding hydrogens is 236 g/mol. The molecule has 3 aromatic rings. The van der Waals surface area contributed by atoms with Crippen molar-refractivity contribution in [2.75, 3.05) is 0 Å². The molecule has 0 aromatic carbocycles. The van der Waals surface area contributed by atoms with E-state index in [4.69, 9.17) is 0 Å². The Morgan fingerprint density at radius 3 is 2.89 bits per heavy atom. The number of fused-ring (bicyclic) bond motifs is 1. The number of pyridine rings is 2. The highest BCUT2D eigenvalue weighted by atomic mass is 16.1. The monoisotopic (exact) mass is 250 g/mol. The molecule has 3 nitrogen and oxygen atoms in total. The van der Waals surface area contributed by atoms with Crippen LogP contribution in [0.2, 0.25) is 0 Å². The average molecular weight is 250 g/mol. The highest BCUT2D eigenvalue weighted by molar-refractivity contribution is 5.89. The Morgan fingerprint density at radius 2 is 2.21 bits per heavy atom. The van der Waals surface area contributed by atoms with Gasteiger partial charge in [-0.05, 0) is 30.2 Å². The highest BCUT2D eigenvalue weighted by Crippen LogP contribution is 2.26. The fourth-order valence-electron chi connectivity index (χ4n) is 2.32. The van der Waals surface area contributed by atoms with Gasteiger partial charge in [-0.3, -0.25) is 9.78 Å². The fourth-order valence-corrected chi connectivity index (χ4v) is 2.32. The molecule has 0 saturated heterocycles. The molecule has 94 valence electrons. The SMILES string of the molecule is CCc1ccc2cc(-c3cccnc3)c(C=O)n2c1. The molecule has 0 spiro atoms. The third-order valence-electron chi connectivity index (χ3n) is 3.36. The Balaban J connectivity index is 2.29. The van der Waals surface area contributed by atoms with Gasteiger partial charge in [-0.2, -0.15) is 0 Å². The molecule has 3 heteroatoms. The minimum atomic E-state index is 0.679. The molecule has 0 aliphatic heterocycles. The Hall–Kier alpha value is -2.42. The summed E-state index contributed by atoms with van der Waals surface area (Å²) in [5.41, 5.74) is 4.81. The summed E-state index contributed by atoms with van der Waals surface area (Å²) in [5, 5.41) is 0. The van der Waals surface area contributed by atoms with E-state index in [0.29, 0.717) is 5.69 Å². The smallest absolute Gasteiger partial charge is 0.167 e. The lowest BCUT2D eigenvalue weighted by atomic mass is 10.1. The van der Waals surface area contributed by atoms with Crippen LogP contribution in [0.5, 0.6) is 0 Å². The number of aryl methyl sites for hydroxylation is 1. The largest absolute Gasteiger partial charge is 0.313 e. The van der Waals surface area contributed by atoms with E-state index in [2.05, 4.69) is 18.0 Å². The summed E-state index contributed by atoms with van der Waals surface area (Å²) in [6.07, 6.45) is 7.40. The van der Waals surface area contributed by atoms with Crippen molar-refractivity contribution in [3.63, 3.8) is 0 Å². The average Bonchev–Trinajstić information content (AvgIpc) is 2.85. The molecule has 0 radical (unpaired) electrons. The molecule has 3 aromatic heterocycles. The van der Waals surface area contributed by atoms with Gasteiger partial charge in [0.1, 0.15) is 0 Å². The highest BCUT2D eigenvalue weighted by Gasteiger charge is 2.11. The summed E-state index contributed by atoms with van der Waals surface area (Å²) in [7, 11) is 0. The standard InChI is InChI=1S/C16H14N2O/c1-2-12-5-6-14-8-15(13-4-3-7-17-9-13)16(11-19)18(14)10-12/h3-11H,2H2,1H3. The number of aldehydes is 1. The number of carbonyl (C=O) groups excluding carboxylic acids is 1. The van der Waals surface area contributed by atoms with Crippen LogP contribution in [0.4, 0.5) is 0 Å². The maximum Gasteiger partial charge on any atom is 0.167 e. The first-order valence-corrected chi connectivity index (χ1v) is 6.33. The van der Waals surface area contributed by atoms with Gasteiger partial charge < -0.3 is 4.40 Å². The zero-order chi connectivity index (χ0) is 13.2. The van der Waals surface area contributed by atoms with Crippen molar-refractivity contribution in [3.05, 3.63) is 60.2 Å². The van der Waals surface area contributed by atoms with Crippen LogP contribution < -0.4 is 0 Å². The fraction of sp³-hybridized carbons (Fsp3) is 0.125. The topological polar surface area (TPSA) is 34.4 Å². The maximum absolute atomic E-state index is 11.4. The summed E-state index contributed by atoms with van der Waals surface area (Å²) in [5.74, 6) is 0. The maximum atomic E-state index is 11.4. The van der Waals surface area contributed by atoms with Gasteiger partial charge in [-0.1, -0.05) is 19.1 Å². The zero-order valence-corrected chi connectivity index (χ0v) is 10.7. The van der Waals surface area contributed by atoms with Crippen molar-refractivity contribution in [2.24, 2.45) is 0 Å². The van der Waals surface area contributed by atoms with Crippen LogP contribution in [0.25, 0.3) is 16.6 Å². The minimum Gasteiger partial charge on any atom is -0.313 e. The van der Waals surface area contributed by atoms with Crippen LogP contribution in [0.15, 0.2) is 48.9 Å². The molecule has 0 N–H and O–H groups in total. The number of rotatable bonds is 3. The second-order valence-corrected chi connectivity index (χ2v) is 4.49. The Morgan fingerprint density at radius 1 is 1.32 bits per heavy atom. The molecule has 0 atom stereocenters. The molecule has 0 saturated carbocycles. The predicted molar refractivity (Wildman–Crippen MR) is 75.4 cm³/mol. The Bertz CT molecular complexity index is 729. The summed E-state index contributed by atoms with van der Waals surface area (Å²) < 4.78 is 1.95. The second kappa shape index (κ2) is 4.69. The van der Waals surface area contributed by atoms with Gasteiger partial charge in [0, 0.05) is 35.2 Å². The number of nitrogens with zero attached hydrogens (tertiary/aromatic N) is 2. The van der Waals surface area contributed by atoms with Crippen LogP contribution >= 0.6 is 0 Å². The van der Waals surface area contributed by atoms with Crippen molar-refractivity contribution >= 4 is 11.8 Å². The van der Waals surface area contributed by atoms with E-state index >= 15 is 0 Å². The molecule has 3 heterocycles. The van der Waals surface area contributed by atoms with Gasteiger partial charge in [0.25, 0.3) is 0 Å². The summed E-state index contributed by atoms with van der Waals surface area (Å²) in [4.78, 5) is 15.5. The molecule has 0 bridgehead atoms. The first-order valence-electron chi connectivity index (χ1n) is 6.33. The van der Waals surface area contributed by atoms with E-state index < -0.39 is 0 Å². The number of carbonyl (C=O) groups is 1. The summed E-state index contributed by atoms with van der Waals surface area (Å²) >= 11 is 0. The van der Waals surface area contributed by atoms with Crippen molar-refractivity contribution < 1.29 is 4.79 Å². The summed E-state index contributed by atoms with van der Waals surface area (Å²) in [6, 6.07) is 10.0. The molecule has 0 unspecified atom stereocenters. The van der Waals surface area contributed by atoms with E-state index in [-0.39, 0.29) is 0 Å². The predicted octanol–water partition coefficient (Wildman–Crippen LogP) is 3.38. The van der Waals surface area contributed by atoms with E-state index in [0.717, 1.165) is 29.4 Å². The third-order valence-corrected chi connectivity index (χ3v) is 3.36. The van der Waals surface area contributed by atoms with Gasteiger partial charge in [-0.15, -0.1) is 0 Å². The molecular formula is C16H14N2O. The molecule has 0 amide bonds.